The molecule has 112 valence electrons. The number of halogens is 1. The Kier molecular flexibility index (Phi) is 7.46. The fourth-order valence-electron chi connectivity index (χ4n) is 1.67. The first-order chi connectivity index (χ1) is 9.45. The van der Waals surface area contributed by atoms with Gasteiger partial charge >= 0.3 is 0 Å². The highest BCUT2D eigenvalue weighted by Gasteiger charge is 2.20. The number of benzene rings is 1. The number of unbranched alkanes of at least 4 members (excludes halogenated alkanes) is 2. The fraction of sp³-hybridized carbons (Fsp3) is 0.562. The largest absolute Gasteiger partial charge is 0.234 e. The van der Waals surface area contributed by atoms with E-state index >= 15 is 0 Å². The minimum absolute atomic E-state index is 0.323. The molecule has 0 aromatic heterocycles. The van der Waals surface area contributed by atoms with Crippen molar-refractivity contribution in [3.8, 4) is 0 Å². The van der Waals surface area contributed by atoms with Crippen LogP contribution >= 0.6 is 11.6 Å². The predicted molar refractivity (Wildman–Crippen MR) is 90.1 cm³/mol. The molecule has 1 rings (SSSR count). The van der Waals surface area contributed by atoms with E-state index in [1.165, 1.54) is 0 Å². The lowest BCUT2D eigenvalue weighted by molar-refractivity contribution is 0.650. The second kappa shape index (κ2) is 8.58. The second-order valence-electron chi connectivity index (χ2n) is 5.77. The van der Waals surface area contributed by atoms with Crippen LogP contribution in [0.25, 0.3) is 0 Å². The average Bonchev–Trinajstić information content (AvgIpc) is 2.42. The predicted octanol–water partition coefficient (Wildman–Crippen LogP) is 4.74. The lowest BCUT2D eigenvalue weighted by Crippen LogP contribution is -2.21. The van der Waals surface area contributed by atoms with Gasteiger partial charge in [-0.05, 0) is 45.6 Å². The third-order valence-corrected chi connectivity index (χ3v) is 4.57. The summed E-state index contributed by atoms with van der Waals surface area (Å²) < 4.78 is 16.4. The maximum Gasteiger partial charge on any atom is 0.145 e. The van der Waals surface area contributed by atoms with Gasteiger partial charge in [0, 0.05) is 5.88 Å². The van der Waals surface area contributed by atoms with E-state index in [0.29, 0.717) is 5.88 Å². The highest BCUT2D eigenvalue weighted by Crippen LogP contribution is 2.16. The third-order valence-electron chi connectivity index (χ3n) is 2.87. The summed E-state index contributed by atoms with van der Waals surface area (Å²) in [7, 11) is -1.21. The van der Waals surface area contributed by atoms with E-state index in [9.17, 15) is 4.21 Å². The van der Waals surface area contributed by atoms with Crippen molar-refractivity contribution in [3.05, 3.63) is 35.9 Å². The average molecular weight is 314 g/mol. The molecule has 0 aliphatic heterocycles. The summed E-state index contributed by atoms with van der Waals surface area (Å²) in [5.41, 5.74) is 2.00. The van der Waals surface area contributed by atoms with Crippen LogP contribution in [-0.2, 0) is 11.0 Å². The van der Waals surface area contributed by atoms with Gasteiger partial charge < -0.3 is 0 Å². The van der Waals surface area contributed by atoms with E-state index in [1.807, 2.05) is 51.1 Å². The van der Waals surface area contributed by atoms with Crippen molar-refractivity contribution in [1.82, 2.24) is 0 Å². The smallest absolute Gasteiger partial charge is 0.145 e. The van der Waals surface area contributed by atoms with Crippen LogP contribution in [0.1, 0.15) is 52.0 Å². The molecule has 1 atom stereocenters. The van der Waals surface area contributed by atoms with Crippen LogP contribution in [0.3, 0.4) is 0 Å². The number of hydrogen-bond acceptors (Lipinski definition) is 1. The lowest BCUT2D eigenvalue weighted by Gasteiger charge is -2.15. The minimum atomic E-state index is -1.21. The van der Waals surface area contributed by atoms with Crippen LogP contribution < -0.4 is 0 Å². The molecule has 0 heterocycles. The van der Waals surface area contributed by atoms with Crippen LogP contribution in [-0.4, -0.2) is 20.5 Å². The van der Waals surface area contributed by atoms with Gasteiger partial charge in [0.2, 0.25) is 0 Å². The molecular weight excluding hydrogens is 290 g/mol. The van der Waals surface area contributed by atoms with Crippen molar-refractivity contribution in [2.75, 3.05) is 5.88 Å². The molecule has 1 aromatic carbocycles. The SMILES string of the molecule is CC(C)(C)S(=O)N=C(CCCCCCl)c1ccccc1. The van der Waals surface area contributed by atoms with Crippen LogP contribution in [0.2, 0.25) is 0 Å². The van der Waals surface area contributed by atoms with Gasteiger partial charge in [0.1, 0.15) is 11.0 Å². The summed E-state index contributed by atoms with van der Waals surface area (Å²) in [5.74, 6) is 0.700. The van der Waals surface area contributed by atoms with Gasteiger partial charge in [-0.25, -0.2) is 4.21 Å². The summed E-state index contributed by atoms with van der Waals surface area (Å²) in [6.07, 6.45) is 3.98. The minimum Gasteiger partial charge on any atom is -0.234 e. The van der Waals surface area contributed by atoms with Gasteiger partial charge in [-0.3, -0.25) is 0 Å². The van der Waals surface area contributed by atoms with Crippen LogP contribution in [0.15, 0.2) is 34.7 Å². The number of rotatable bonds is 7. The summed E-state index contributed by atoms with van der Waals surface area (Å²) in [6.45, 7) is 5.84. The Hall–Kier alpha value is -0.670. The van der Waals surface area contributed by atoms with Gasteiger partial charge in [0.25, 0.3) is 0 Å². The standard InChI is InChI=1S/C16H24ClNOS/c1-16(2,3)20(19)18-15(12-8-5-9-13-17)14-10-6-4-7-11-14/h4,6-7,10-11H,5,8-9,12-13H2,1-3H3. The Labute approximate surface area is 130 Å². The first-order valence-electron chi connectivity index (χ1n) is 7.06. The molecule has 1 aromatic rings. The molecule has 0 radical (unpaired) electrons. The van der Waals surface area contributed by atoms with Gasteiger partial charge in [0.15, 0.2) is 0 Å². The van der Waals surface area contributed by atoms with Gasteiger partial charge in [-0.15, -0.1) is 11.6 Å². The zero-order chi connectivity index (χ0) is 15.0. The molecule has 2 nitrogen and oxygen atoms in total. The number of hydrogen-bond donors (Lipinski definition) is 0. The maximum absolute atomic E-state index is 12.2. The molecule has 0 aliphatic carbocycles. The van der Waals surface area contributed by atoms with Crippen molar-refractivity contribution in [3.63, 3.8) is 0 Å². The fourth-order valence-corrected chi connectivity index (χ4v) is 2.53. The summed E-state index contributed by atoms with van der Waals surface area (Å²) in [5, 5.41) is 0. The van der Waals surface area contributed by atoms with Crippen molar-refractivity contribution in [2.24, 2.45) is 4.40 Å². The van der Waals surface area contributed by atoms with Crippen molar-refractivity contribution in [1.29, 1.82) is 0 Å². The Bertz CT molecular complexity index is 451. The van der Waals surface area contributed by atoms with E-state index in [-0.39, 0.29) is 4.75 Å². The second-order valence-corrected chi connectivity index (χ2v) is 8.05. The molecule has 0 saturated carbocycles. The summed E-state index contributed by atoms with van der Waals surface area (Å²) in [6, 6.07) is 10.0. The van der Waals surface area contributed by atoms with E-state index in [4.69, 9.17) is 11.6 Å². The van der Waals surface area contributed by atoms with Gasteiger partial charge in [0.05, 0.1) is 10.5 Å². The van der Waals surface area contributed by atoms with E-state index < -0.39 is 11.0 Å². The number of nitrogens with zero attached hydrogens (tertiary/aromatic N) is 1. The molecular formula is C16H24ClNOS. The normalized spacial score (nSPS) is 14.3. The van der Waals surface area contributed by atoms with E-state index in [0.717, 1.165) is 37.0 Å². The Morgan fingerprint density at radius 2 is 1.80 bits per heavy atom. The molecule has 0 aliphatic rings. The topological polar surface area (TPSA) is 29.4 Å². The highest BCUT2D eigenvalue weighted by molar-refractivity contribution is 7.85. The first kappa shape index (κ1) is 17.4. The van der Waals surface area contributed by atoms with Crippen LogP contribution in [0, 0.1) is 0 Å². The lowest BCUT2D eigenvalue weighted by atomic mass is 10.0. The summed E-state index contributed by atoms with van der Waals surface area (Å²) in [4.78, 5) is 0. The van der Waals surface area contributed by atoms with Gasteiger partial charge in [-0.1, -0.05) is 36.8 Å². The Balaban J connectivity index is 2.85. The molecule has 0 amide bonds. The molecule has 0 N–H and O–H groups in total. The van der Waals surface area contributed by atoms with Crippen LogP contribution in [0.5, 0.6) is 0 Å². The molecule has 0 bridgehead atoms. The third kappa shape index (κ3) is 6.19. The van der Waals surface area contributed by atoms with Crippen LogP contribution in [0.4, 0.5) is 0 Å². The zero-order valence-electron chi connectivity index (χ0n) is 12.6. The monoisotopic (exact) mass is 313 g/mol. The van der Waals surface area contributed by atoms with Crippen molar-refractivity contribution < 1.29 is 4.21 Å². The highest BCUT2D eigenvalue weighted by atomic mass is 35.5. The zero-order valence-corrected chi connectivity index (χ0v) is 14.1. The molecule has 20 heavy (non-hydrogen) atoms. The van der Waals surface area contributed by atoms with E-state index in [2.05, 4.69) is 4.40 Å². The quantitative estimate of drug-likeness (QED) is 0.406. The molecule has 1 unspecified atom stereocenters. The van der Waals surface area contributed by atoms with Crippen molar-refractivity contribution >= 4 is 28.3 Å². The number of alkyl halides is 1. The van der Waals surface area contributed by atoms with E-state index in [1.54, 1.807) is 0 Å². The molecule has 0 spiro atoms. The Morgan fingerprint density at radius 3 is 2.35 bits per heavy atom. The molecule has 0 saturated heterocycles. The Morgan fingerprint density at radius 1 is 1.15 bits per heavy atom. The molecule has 4 heteroatoms. The first-order valence-corrected chi connectivity index (χ1v) is 8.70. The van der Waals surface area contributed by atoms with Gasteiger partial charge in [-0.2, -0.15) is 4.40 Å². The maximum atomic E-state index is 12.2. The van der Waals surface area contributed by atoms with Crippen molar-refractivity contribution in [2.45, 2.75) is 51.2 Å². The molecule has 0 fully saturated rings. The summed E-state index contributed by atoms with van der Waals surface area (Å²) >= 11 is 5.70.